The van der Waals surface area contributed by atoms with Crippen LogP contribution in [0, 0.1) is 17.7 Å². The Morgan fingerprint density at radius 2 is 2.30 bits per heavy atom. The van der Waals surface area contributed by atoms with Crippen LogP contribution >= 0.6 is 0 Å². The van der Waals surface area contributed by atoms with Crippen molar-refractivity contribution in [2.24, 2.45) is 5.73 Å². The van der Waals surface area contributed by atoms with E-state index in [4.69, 9.17) is 10.5 Å². The van der Waals surface area contributed by atoms with Crippen molar-refractivity contribution >= 4 is 5.91 Å². The first-order valence-corrected chi connectivity index (χ1v) is 6.46. The number of hydrogen-bond donors (Lipinski definition) is 2. The molecule has 0 aliphatic heterocycles. The van der Waals surface area contributed by atoms with E-state index in [2.05, 4.69) is 17.2 Å². The highest BCUT2D eigenvalue weighted by molar-refractivity contribution is 5.94. The predicted octanol–water partition coefficient (Wildman–Crippen LogP) is 1.04. The topological polar surface area (TPSA) is 64.3 Å². The summed E-state index contributed by atoms with van der Waals surface area (Å²) in [4.78, 5) is 11.9. The fourth-order valence-corrected chi connectivity index (χ4v) is 2.05. The Hall–Kier alpha value is -1.90. The lowest BCUT2D eigenvalue weighted by atomic mass is 9.89. The molecule has 1 aliphatic carbocycles. The molecule has 0 radical (unpaired) electrons. The number of carbonyl (C=O) groups excluding carboxylic acids is 1. The molecule has 0 unspecified atom stereocenters. The quantitative estimate of drug-likeness (QED) is 0.811. The molecule has 1 fully saturated rings. The summed E-state index contributed by atoms with van der Waals surface area (Å²) in [6.45, 7) is 0.171. The van der Waals surface area contributed by atoms with Gasteiger partial charge in [0.25, 0.3) is 5.91 Å². The van der Waals surface area contributed by atoms with Gasteiger partial charge in [0.1, 0.15) is 5.82 Å². The molecule has 1 aromatic carbocycles. The Morgan fingerprint density at radius 1 is 1.55 bits per heavy atom. The van der Waals surface area contributed by atoms with E-state index in [-0.39, 0.29) is 30.2 Å². The Balaban J connectivity index is 1.99. The Kier molecular flexibility index (Phi) is 4.72. The number of amides is 1. The van der Waals surface area contributed by atoms with E-state index in [9.17, 15) is 9.18 Å². The molecule has 1 amide bonds. The monoisotopic (exact) mass is 276 g/mol. The molecule has 2 rings (SSSR count). The second-order valence-corrected chi connectivity index (χ2v) is 4.70. The highest BCUT2D eigenvalue weighted by Gasteiger charge is 2.30. The van der Waals surface area contributed by atoms with Crippen LogP contribution in [-0.4, -0.2) is 31.7 Å². The van der Waals surface area contributed by atoms with Crippen LogP contribution in [-0.2, 0) is 4.74 Å². The van der Waals surface area contributed by atoms with Crippen LogP contribution in [0.2, 0.25) is 0 Å². The van der Waals surface area contributed by atoms with Gasteiger partial charge in [-0.25, -0.2) is 4.39 Å². The fraction of sp³-hybridized carbons (Fsp3) is 0.400. The number of hydrogen-bond acceptors (Lipinski definition) is 3. The lowest BCUT2D eigenvalue weighted by molar-refractivity contribution is 0.0176. The normalized spacial score (nSPS) is 20.6. The fourth-order valence-electron chi connectivity index (χ4n) is 2.05. The zero-order valence-corrected chi connectivity index (χ0v) is 11.3. The largest absolute Gasteiger partial charge is 0.381 e. The average Bonchev–Trinajstić information content (AvgIpc) is 2.40. The summed E-state index contributed by atoms with van der Waals surface area (Å²) in [6.07, 6.45) is 1.81. The van der Waals surface area contributed by atoms with Crippen LogP contribution in [0.15, 0.2) is 18.2 Å². The zero-order chi connectivity index (χ0) is 14.5. The molecular formula is C15H17FN2O2. The van der Waals surface area contributed by atoms with Crippen LogP contribution in [0.5, 0.6) is 0 Å². The predicted molar refractivity (Wildman–Crippen MR) is 73.6 cm³/mol. The van der Waals surface area contributed by atoms with E-state index in [1.165, 1.54) is 12.1 Å². The van der Waals surface area contributed by atoms with Crippen molar-refractivity contribution in [2.45, 2.75) is 25.0 Å². The highest BCUT2D eigenvalue weighted by Crippen LogP contribution is 2.23. The van der Waals surface area contributed by atoms with E-state index in [1.54, 1.807) is 13.2 Å². The maximum absolute atomic E-state index is 13.7. The number of ether oxygens (including phenoxy) is 1. The van der Waals surface area contributed by atoms with Crippen molar-refractivity contribution in [3.8, 4) is 11.8 Å². The van der Waals surface area contributed by atoms with E-state index >= 15 is 0 Å². The number of rotatable bonds is 3. The third kappa shape index (κ3) is 3.35. The van der Waals surface area contributed by atoms with Crippen molar-refractivity contribution in [1.29, 1.82) is 0 Å². The minimum absolute atomic E-state index is 0.104. The van der Waals surface area contributed by atoms with Crippen LogP contribution in [0.1, 0.15) is 28.8 Å². The van der Waals surface area contributed by atoms with Crippen LogP contribution < -0.4 is 11.1 Å². The minimum atomic E-state index is -0.512. The second kappa shape index (κ2) is 6.51. The van der Waals surface area contributed by atoms with Crippen molar-refractivity contribution in [3.63, 3.8) is 0 Å². The molecule has 4 nitrogen and oxygen atoms in total. The summed E-state index contributed by atoms with van der Waals surface area (Å²) in [7, 11) is 1.65. The number of halogens is 1. The molecule has 106 valence electrons. The molecule has 0 atom stereocenters. The maximum Gasteiger partial charge on any atom is 0.251 e. The molecule has 20 heavy (non-hydrogen) atoms. The van der Waals surface area contributed by atoms with Gasteiger partial charge in [-0.1, -0.05) is 11.8 Å². The number of nitrogens with one attached hydrogen (secondary N) is 1. The van der Waals surface area contributed by atoms with Gasteiger partial charge in [0, 0.05) is 18.7 Å². The van der Waals surface area contributed by atoms with Gasteiger partial charge in [-0.05, 0) is 31.0 Å². The SMILES string of the molecule is COC1CC(NC(=O)c2ccc(C#CCN)c(F)c2)C1. The number of carbonyl (C=O) groups is 1. The van der Waals surface area contributed by atoms with Gasteiger partial charge in [0.15, 0.2) is 0 Å². The first kappa shape index (κ1) is 14.5. The maximum atomic E-state index is 13.7. The highest BCUT2D eigenvalue weighted by atomic mass is 19.1. The molecule has 0 saturated heterocycles. The summed E-state index contributed by atoms with van der Waals surface area (Å²) in [6, 6.07) is 4.35. The van der Waals surface area contributed by atoms with Gasteiger partial charge in [-0.3, -0.25) is 4.79 Å². The molecule has 0 bridgehead atoms. The molecule has 1 saturated carbocycles. The van der Waals surface area contributed by atoms with Gasteiger partial charge in [-0.15, -0.1) is 0 Å². The van der Waals surface area contributed by atoms with Crippen LogP contribution in [0.25, 0.3) is 0 Å². The molecule has 0 spiro atoms. The number of methoxy groups -OCH3 is 1. The summed E-state index contributed by atoms with van der Waals surface area (Å²) in [5, 5.41) is 2.85. The van der Waals surface area contributed by atoms with Gasteiger partial charge < -0.3 is 15.8 Å². The van der Waals surface area contributed by atoms with E-state index in [1.807, 2.05) is 0 Å². The Morgan fingerprint density at radius 3 is 2.90 bits per heavy atom. The Labute approximate surface area is 117 Å². The van der Waals surface area contributed by atoms with Crippen molar-refractivity contribution in [3.05, 3.63) is 35.1 Å². The van der Waals surface area contributed by atoms with Gasteiger partial charge in [0.05, 0.1) is 18.2 Å². The van der Waals surface area contributed by atoms with E-state index in [0.717, 1.165) is 12.8 Å². The third-order valence-electron chi connectivity index (χ3n) is 3.32. The Bertz CT molecular complexity index is 557. The standard InChI is InChI=1S/C15H17FN2O2/c1-20-13-8-12(9-13)18-15(19)11-5-4-10(3-2-6-17)14(16)7-11/h4-5,7,12-13H,6,8-9,17H2,1H3,(H,18,19). The van der Waals surface area contributed by atoms with Crippen LogP contribution in [0.4, 0.5) is 4.39 Å². The first-order valence-electron chi connectivity index (χ1n) is 6.46. The third-order valence-corrected chi connectivity index (χ3v) is 3.32. The summed E-state index contributed by atoms with van der Waals surface area (Å²) in [5.41, 5.74) is 5.77. The average molecular weight is 276 g/mol. The summed E-state index contributed by atoms with van der Waals surface area (Å²) in [5.74, 6) is 4.41. The number of nitrogens with two attached hydrogens (primary N) is 1. The molecule has 5 heteroatoms. The smallest absolute Gasteiger partial charge is 0.251 e. The molecule has 0 heterocycles. The number of benzene rings is 1. The van der Waals surface area contributed by atoms with Crippen molar-refractivity contribution < 1.29 is 13.9 Å². The van der Waals surface area contributed by atoms with Crippen molar-refractivity contribution in [2.75, 3.05) is 13.7 Å². The summed E-state index contributed by atoms with van der Waals surface area (Å²) < 4.78 is 18.9. The molecule has 0 aromatic heterocycles. The molecule has 1 aromatic rings. The zero-order valence-electron chi connectivity index (χ0n) is 11.3. The van der Waals surface area contributed by atoms with Crippen LogP contribution in [0.3, 0.4) is 0 Å². The summed E-state index contributed by atoms with van der Waals surface area (Å²) >= 11 is 0. The van der Waals surface area contributed by atoms with Crippen molar-refractivity contribution in [1.82, 2.24) is 5.32 Å². The second-order valence-electron chi connectivity index (χ2n) is 4.70. The molecule has 1 aliphatic rings. The van der Waals surface area contributed by atoms with Gasteiger partial charge >= 0.3 is 0 Å². The van der Waals surface area contributed by atoms with E-state index in [0.29, 0.717) is 5.56 Å². The molecular weight excluding hydrogens is 259 g/mol. The molecule has 3 N–H and O–H groups in total. The van der Waals surface area contributed by atoms with Gasteiger partial charge in [-0.2, -0.15) is 0 Å². The lowest BCUT2D eigenvalue weighted by Gasteiger charge is -2.34. The van der Waals surface area contributed by atoms with Gasteiger partial charge in [0.2, 0.25) is 0 Å². The first-order chi connectivity index (χ1) is 9.63. The van der Waals surface area contributed by atoms with E-state index < -0.39 is 5.82 Å². The lowest BCUT2D eigenvalue weighted by Crippen LogP contribution is -2.47. The minimum Gasteiger partial charge on any atom is -0.381 e.